The Labute approximate surface area is 120 Å². The molecule has 2 aliphatic rings. The van der Waals surface area contributed by atoms with Crippen LogP contribution >= 0.6 is 0 Å². The minimum Gasteiger partial charge on any atom is -0.465 e. The van der Waals surface area contributed by atoms with Crippen molar-refractivity contribution in [2.75, 3.05) is 6.61 Å². The fourth-order valence-corrected chi connectivity index (χ4v) is 3.31. The lowest BCUT2D eigenvalue weighted by Gasteiger charge is -2.25. The van der Waals surface area contributed by atoms with Crippen molar-refractivity contribution in [3.8, 4) is 0 Å². The zero-order valence-corrected chi connectivity index (χ0v) is 11.9. The predicted octanol–water partition coefficient (Wildman–Crippen LogP) is 4.01. The molecule has 0 N–H and O–H groups in total. The van der Waals surface area contributed by atoms with Crippen LogP contribution in [0.15, 0.2) is 36.4 Å². The molecule has 2 unspecified atom stereocenters. The summed E-state index contributed by atoms with van der Waals surface area (Å²) in [6.45, 7) is 0.585. The number of aryl methyl sites for hydroxylation is 1. The van der Waals surface area contributed by atoms with Crippen LogP contribution in [0.4, 0.5) is 0 Å². The lowest BCUT2D eigenvalue weighted by atomic mass is 9.83. The van der Waals surface area contributed by atoms with Gasteiger partial charge in [-0.15, -0.1) is 0 Å². The zero-order chi connectivity index (χ0) is 13.8. The van der Waals surface area contributed by atoms with Crippen molar-refractivity contribution in [3.63, 3.8) is 0 Å². The van der Waals surface area contributed by atoms with Gasteiger partial charge in [-0.25, -0.2) is 0 Å². The van der Waals surface area contributed by atoms with Gasteiger partial charge >= 0.3 is 5.97 Å². The Bertz CT molecular complexity index is 504. The second-order valence-electron chi connectivity index (χ2n) is 5.92. The Morgan fingerprint density at radius 1 is 1.20 bits per heavy atom. The first-order valence-corrected chi connectivity index (χ1v) is 7.74. The molecule has 0 amide bonds. The summed E-state index contributed by atoms with van der Waals surface area (Å²) >= 11 is 0. The summed E-state index contributed by atoms with van der Waals surface area (Å²) in [5.41, 5.74) is 2.51. The van der Waals surface area contributed by atoms with E-state index in [2.05, 4.69) is 30.4 Å². The van der Waals surface area contributed by atoms with Crippen LogP contribution in [0, 0.1) is 5.92 Å². The van der Waals surface area contributed by atoms with Gasteiger partial charge in [0.2, 0.25) is 0 Å². The largest absolute Gasteiger partial charge is 0.465 e. The second kappa shape index (κ2) is 6.25. The number of benzene rings is 1. The molecule has 2 heteroatoms. The van der Waals surface area contributed by atoms with E-state index < -0.39 is 0 Å². The lowest BCUT2D eigenvalue weighted by molar-refractivity contribution is -0.147. The molecule has 2 nitrogen and oxygen atoms in total. The van der Waals surface area contributed by atoms with Crippen LogP contribution in [0.2, 0.25) is 0 Å². The van der Waals surface area contributed by atoms with Gasteiger partial charge < -0.3 is 4.74 Å². The topological polar surface area (TPSA) is 26.3 Å². The van der Waals surface area contributed by atoms with Gasteiger partial charge in [0, 0.05) is 0 Å². The van der Waals surface area contributed by atoms with Crippen LogP contribution < -0.4 is 0 Å². The summed E-state index contributed by atoms with van der Waals surface area (Å²) in [6.07, 6.45) is 10.8. The van der Waals surface area contributed by atoms with Crippen molar-refractivity contribution >= 4 is 5.97 Å². The van der Waals surface area contributed by atoms with E-state index in [-0.39, 0.29) is 11.9 Å². The third-order valence-corrected chi connectivity index (χ3v) is 4.49. The molecule has 0 heterocycles. The minimum atomic E-state index is -0.0425. The Hall–Kier alpha value is -1.57. The molecule has 0 fully saturated rings. The quantitative estimate of drug-likeness (QED) is 0.613. The fraction of sp³-hybridized carbons (Fsp3) is 0.500. The summed E-state index contributed by atoms with van der Waals surface area (Å²) in [5.74, 6) is 0.452. The molecule has 106 valence electrons. The van der Waals surface area contributed by atoms with Gasteiger partial charge in [-0.1, -0.05) is 36.4 Å². The molecule has 0 aliphatic heterocycles. The molecule has 2 aliphatic carbocycles. The van der Waals surface area contributed by atoms with E-state index in [1.807, 2.05) is 6.07 Å². The van der Waals surface area contributed by atoms with Gasteiger partial charge in [0.15, 0.2) is 0 Å². The van der Waals surface area contributed by atoms with Crippen LogP contribution in [0.1, 0.15) is 49.1 Å². The SMILES string of the molecule is O=C(OCC1CC=CCC1)C1CCCc2ccccc21. The Morgan fingerprint density at radius 3 is 2.95 bits per heavy atom. The van der Waals surface area contributed by atoms with Crippen LogP contribution in [0.25, 0.3) is 0 Å². The molecule has 1 aromatic carbocycles. The second-order valence-corrected chi connectivity index (χ2v) is 5.92. The molecule has 3 rings (SSSR count). The molecular weight excluding hydrogens is 248 g/mol. The van der Waals surface area contributed by atoms with Crippen molar-refractivity contribution < 1.29 is 9.53 Å². The number of ether oxygens (including phenoxy) is 1. The summed E-state index contributed by atoms with van der Waals surface area (Å²) in [7, 11) is 0. The number of rotatable bonds is 3. The van der Waals surface area contributed by atoms with Crippen LogP contribution in [0.5, 0.6) is 0 Å². The van der Waals surface area contributed by atoms with E-state index in [1.165, 1.54) is 11.1 Å². The maximum Gasteiger partial charge on any atom is 0.313 e. The predicted molar refractivity (Wildman–Crippen MR) is 79.6 cm³/mol. The Kier molecular flexibility index (Phi) is 4.19. The van der Waals surface area contributed by atoms with E-state index in [0.717, 1.165) is 38.5 Å². The molecule has 0 radical (unpaired) electrons. The molecular formula is C18H22O2. The van der Waals surface area contributed by atoms with Crippen LogP contribution in [-0.2, 0) is 16.0 Å². The fourth-order valence-electron chi connectivity index (χ4n) is 3.31. The number of esters is 1. The maximum absolute atomic E-state index is 12.4. The molecule has 2 atom stereocenters. The van der Waals surface area contributed by atoms with Gasteiger partial charge in [-0.05, 0) is 55.6 Å². The molecule has 0 saturated heterocycles. The van der Waals surface area contributed by atoms with Crippen molar-refractivity contribution in [1.82, 2.24) is 0 Å². The molecule has 0 aromatic heterocycles. The average Bonchev–Trinajstić information content (AvgIpc) is 2.53. The van der Waals surface area contributed by atoms with Gasteiger partial charge in [0.25, 0.3) is 0 Å². The maximum atomic E-state index is 12.4. The average molecular weight is 270 g/mol. The molecule has 0 saturated carbocycles. The number of hydrogen-bond donors (Lipinski definition) is 0. The summed E-state index contributed by atoms with van der Waals surface area (Å²) in [5, 5.41) is 0. The zero-order valence-electron chi connectivity index (χ0n) is 11.9. The Morgan fingerprint density at radius 2 is 2.10 bits per heavy atom. The number of allylic oxidation sites excluding steroid dienone is 2. The van der Waals surface area contributed by atoms with E-state index in [1.54, 1.807) is 0 Å². The van der Waals surface area contributed by atoms with Crippen molar-refractivity contribution in [3.05, 3.63) is 47.5 Å². The monoisotopic (exact) mass is 270 g/mol. The molecule has 0 spiro atoms. The minimum absolute atomic E-state index is 0.0216. The summed E-state index contributed by atoms with van der Waals surface area (Å²) in [6, 6.07) is 8.31. The highest BCUT2D eigenvalue weighted by atomic mass is 16.5. The normalized spacial score (nSPS) is 25.0. The number of carbonyl (C=O) groups excluding carboxylic acids is 1. The molecule has 20 heavy (non-hydrogen) atoms. The van der Waals surface area contributed by atoms with E-state index in [9.17, 15) is 4.79 Å². The lowest BCUT2D eigenvalue weighted by Crippen LogP contribution is -2.23. The Balaban J connectivity index is 1.61. The standard InChI is InChI=1S/C18H22O2/c19-18(20-13-14-7-2-1-3-8-14)17-12-6-10-15-9-4-5-11-16(15)17/h1-2,4-5,9,11,14,17H,3,6-8,10,12-13H2. The number of fused-ring (bicyclic) bond motifs is 1. The van der Waals surface area contributed by atoms with Gasteiger partial charge in [0.1, 0.15) is 0 Å². The first kappa shape index (κ1) is 13.4. The summed E-state index contributed by atoms with van der Waals surface area (Å²) < 4.78 is 5.61. The van der Waals surface area contributed by atoms with Gasteiger partial charge in [-0.3, -0.25) is 4.79 Å². The molecule has 1 aromatic rings. The van der Waals surface area contributed by atoms with Crippen molar-refractivity contribution in [1.29, 1.82) is 0 Å². The third kappa shape index (κ3) is 2.95. The first-order valence-electron chi connectivity index (χ1n) is 7.74. The summed E-state index contributed by atoms with van der Waals surface area (Å²) in [4.78, 5) is 12.4. The van der Waals surface area contributed by atoms with Gasteiger partial charge in [0.05, 0.1) is 12.5 Å². The smallest absolute Gasteiger partial charge is 0.313 e. The highest BCUT2D eigenvalue weighted by Crippen LogP contribution is 2.32. The molecule has 0 bridgehead atoms. The van der Waals surface area contributed by atoms with Crippen LogP contribution in [0.3, 0.4) is 0 Å². The first-order chi connectivity index (χ1) is 9.84. The van der Waals surface area contributed by atoms with E-state index in [0.29, 0.717) is 12.5 Å². The highest BCUT2D eigenvalue weighted by molar-refractivity contribution is 5.79. The van der Waals surface area contributed by atoms with Crippen LogP contribution in [-0.4, -0.2) is 12.6 Å². The van der Waals surface area contributed by atoms with E-state index >= 15 is 0 Å². The van der Waals surface area contributed by atoms with Gasteiger partial charge in [-0.2, -0.15) is 0 Å². The third-order valence-electron chi connectivity index (χ3n) is 4.49. The number of hydrogen-bond acceptors (Lipinski definition) is 2. The van der Waals surface area contributed by atoms with E-state index in [4.69, 9.17) is 4.74 Å². The number of carbonyl (C=O) groups is 1. The van der Waals surface area contributed by atoms with Crippen molar-refractivity contribution in [2.24, 2.45) is 5.92 Å². The highest BCUT2D eigenvalue weighted by Gasteiger charge is 2.27. The van der Waals surface area contributed by atoms with Crippen molar-refractivity contribution in [2.45, 2.75) is 44.4 Å².